The maximum Gasteiger partial charge on any atom is 0.186 e. The van der Waals surface area contributed by atoms with Gasteiger partial charge in [-0.05, 0) is 20.3 Å². The lowest BCUT2D eigenvalue weighted by Gasteiger charge is -2.37. The lowest BCUT2D eigenvalue weighted by atomic mass is 9.99. The zero-order chi connectivity index (χ0) is 11.4. The lowest BCUT2D eigenvalue weighted by Crippen LogP contribution is -2.50. The predicted octanol–water partition coefficient (Wildman–Crippen LogP) is 1.05. The predicted molar refractivity (Wildman–Crippen MR) is 56.4 cm³/mol. The van der Waals surface area contributed by atoms with Gasteiger partial charge in [0.25, 0.3) is 0 Å². The molecule has 0 aromatic rings. The largest absolute Gasteiger partial charge is 0.390 e. The van der Waals surface area contributed by atoms with E-state index in [1.807, 2.05) is 13.8 Å². The van der Waals surface area contributed by atoms with Crippen molar-refractivity contribution in [2.24, 2.45) is 0 Å². The first-order valence-electron chi connectivity index (χ1n) is 5.71. The average Bonchev–Trinajstić information content (AvgIpc) is 2.13. The first kappa shape index (κ1) is 12.9. The molecule has 1 aliphatic heterocycles. The van der Waals surface area contributed by atoms with Crippen molar-refractivity contribution in [1.29, 1.82) is 0 Å². The second-order valence-corrected chi connectivity index (χ2v) is 4.39. The summed E-state index contributed by atoms with van der Waals surface area (Å²) in [5.74, 6) is 0. The molecule has 4 nitrogen and oxygen atoms in total. The van der Waals surface area contributed by atoms with Crippen LogP contribution in [0.1, 0.15) is 40.0 Å². The normalized spacial score (nSPS) is 37.2. The molecule has 0 aromatic heterocycles. The van der Waals surface area contributed by atoms with Gasteiger partial charge in [-0.15, -0.1) is 0 Å². The van der Waals surface area contributed by atoms with Gasteiger partial charge >= 0.3 is 0 Å². The third kappa shape index (κ3) is 3.72. The molecule has 2 N–H and O–H groups in total. The Hall–Kier alpha value is -0.160. The van der Waals surface area contributed by atoms with Gasteiger partial charge < -0.3 is 19.7 Å². The molecule has 0 spiro atoms. The molecule has 4 heteroatoms. The van der Waals surface area contributed by atoms with E-state index in [2.05, 4.69) is 6.92 Å². The summed E-state index contributed by atoms with van der Waals surface area (Å²) in [7, 11) is 0. The fourth-order valence-electron chi connectivity index (χ4n) is 1.80. The SMILES string of the molecule is CCC[C@@H]1C[C@H](O)[C@H](O)C(OC(C)C)O1. The average molecular weight is 218 g/mol. The number of aliphatic hydroxyl groups is 2. The lowest BCUT2D eigenvalue weighted by molar-refractivity contribution is -0.277. The van der Waals surface area contributed by atoms with Gasteiger partial charge in [0.05, 0.1) is 18.3 Å². The minimum atomic E-state index is -0.930. The van der Waals surface area contributed by atoms with Crippen LogP contribution >= 0.6 is 0 Å². The van der Waals surface area contributed by atoms with E-state index in [9.17, 15) is 10.2 Å². The molecule has 0 saturated carbocycles. The Bertz CT molecular complexity index is 183. The monoisotopic (exact) mass is 218 g/mol. The number of aliphatic hydroxyl groups excluding tert-OH is 2. The van der Waals surface area contributed by atoms with Gasteiger partial charge in [0.15, 0.2) is 6.29 Å². The van der Waals surface area contributed by atoms with Crippen LogP contribution in [0.5, 0.6) is 0 Å². The van der Waals surface area contributed by atoms with E-state index >= 15 is 0 Å². The van der Waals surface area contributed by atoms with Crippen LogP contribution < -0.4 is 0 Å². The van der Waals surface area contributed by atoms with Crippen molar-refractivity contribution in [3.05, 3.63) is 0 Å². The zero-order valence-corrected chi connectivity index (χ0v) is 9.72. The van der Waals surface area contributed by atoms with E-state index in [-0.39, 0.29) is 12.2 Å². The van der Waals surface area contributed by atoms with E-state index in [0.29, 0.717) is 6.42 Å². The zero-order valence-electron chi connectivity index (χ0n) is 9.72. The van der Waals surface area contributed by atoms with E-state index in [1.165, 1.54) is 0 Å². The van der Waals surface area contributed by atoms with Crippen molar-refractivity contribution in [2.75, 3.05) is 0 Å². The Labute approximate surface area is 91.2 Å². The molecule has 1 saturated heterocycles. The van der Waals surface area contributed by atoms with Gasteiger partial charge in [0.1, 0.15) is 6.10 Å². The van der Waals surface area contributed by atoms with Crippen molar-refractivity contribution in [2.45, 2.75) is 70.7 Å². The summed E-state index contributed by atoms with van der Waals surface area (Å²) in [5, 5.41) is 19.3. The molecule has 0 aliphatic carbocycles. The summed E-state index contributed by atoms with van der Waals surface area (Å²) >= 11 is 0. The topological polar surface area (TPSA) is 58.9 Å². The van der Waals surface area contributed by atoms with E-state index in [1.54, 1.807) is 0 Å². The van der Waals surface area contributed by atoms with Crippen molar-refractivity contribution in [1.82, 2.24) is 0 Å². The number of rotatable bonds is 4. The van der Waals surface area contributed by atoms with E-state index in [0.717, 1.165) is 12.8 Å². The number of hydrogen-bond acceptors (Lipinski definition) is 4. The van der Waals surface area contributed by atoms with Gasteiger partial charge in [-0.25, -0.2) is 0 Å². The van der Waals surface area contributed by atoms with Gasteiger partial charge in [-0.2, -0.15) is 0 Å². The van der Waals surface area contributed by atoms with Crippen LogP contribution in [-0.2, 0) is 9.47 Å². The van der Waals surface area contributed by atoms with E-state index < -0.39 is 18.5 Å². The highest BCUT2D eigenvalue weighted by Crippen LogP contribution is 2.24. The fraction of sp³-hybridized carbons (Fsp3) is 1.00. The summed E-state index contributed by atoms with van der Waals surface area (Å²) in [5.41, 5.74) is 0. The molecule has 0 aromatic carbocycles. The maximum absolute atomic E-state index is 9.67. The molecular weight excluding hydrogens is 196 g/mol. The second kappa shape index (κ2) is 5.80. The molecule has 15 heavy (non-hydrogen) atoms. The highest BCUT2D eigenvalue weighted by Gasteiger charge is 2.37. The van der Waals surface area contributed by atoms with Crippen LogP contribution in [-0.4, -0.2) is 40.9 Å². The Balaban J connectivity index is 2.52. The Morgan fingerprint density at radius 1 is 1.40 bits per heavy atom. The van der Waals surface area contributed by atoms with Crippen LogP contribution in [0.15, 0.2) is 0 Å². The molecule has 1 fully saturated rings. The van der Waals surface area contributed by atoms with Crippen LogP contribution in [0.25, 0.3) is 0 Å². The highest BCUT2D eigenvalue weighted by molar-refractivity contribution is 4.81. The molecule has 0 radical (unpaired) electrons. The summed E-state index contributed by atoms with van der Waals surface area (Å²) in [6.07, 6.45) is 0.00978. The smallest absolute Gasteiger partial charge is 0.186 e. The summed E-state index contributed by atoms with van der Waals surface area (Å²) in [6, 6.07) is 0. The first-order chi connectivity index (χ1) is 7.04. The van der Waals surface area contributed by atoms with E-state index in [4.69, 9.17) is 9.47 Å². The quantitative estimate of drug-likeness (QED) is 0.740. The minimum absolute atomic E-state index is 0.00264. The van der Waals surface area contributed by atoms with Crippen molar-refractivity contribution < 1.29 is 19.7 Å². The first-order valence-corrected chi connectivity index (χ1v) is 5.71. The molecule has 1 unspecified atom stereocenters. The van der Waals surface area contributed by atoms with Gasteiger partial charge in [-0.3, -0.25) is 0 Å². The Morgan fingerprint density at radius 2 is 2.07 bits per heavy atom. The second-order valence-electron chi connectivity index (χ2n) is 4.39. The third-order valence-electron chi connectivity index (χ3n) is 2.52. The highest BCUT2D eigenvalue weighted by atomic mass is 16.7. The van der Waals surface area contributed by atoms with Crippen molar-refractivity contribution in [3.63, 3.8) is 0 Å². The van der Waals surface area contributed by atoms with Crippen LogP contribution in [0.3, 0.4) is 0 Å². The van der Waals surface area contributed by atoms with Crippen LogP contribution in [0, 0.1) is 0 Å². The van der Waals surface area contributed by atoms with Gasteiger partial charge in [0.2, 0.25) is 0 Å². The summed E-state index contributed by atoms with van der Waals surface area (Å²) in [4.78, 5) is 0. The number of hydrogen-bond donors (Lipinski definition) is 2. The molecule has 1 aliphatic rings. The Kier molecular flexibility index (Phi) is 4.99. The van der Waals surface area contributed by atoms with Crippen molar-refractivity contribution >= 4 is 0 Å². The number of ether oxygens (including phenoxy) is 2. The third-order valence-corrected chi connectivity index (χ3v) is 2.52. The summed E-state index contributed by atoms with van der Waals surface area (Å²) < 4.78 is 11.0. The van der Waals surface area contributed by atoms with Crippen LogP contribution in [0.2, 0.25) is 0 Å². The minimum Gasteiger partial charge on any atom is -0.390 e. The van der Waals surface area contributed by atoms with Crippen molar-refractivity contribution in [3.8, 4) is 0 Å². The standard InChI is InChI=1S/C11H22O4/c1-4-5-8-6-9(12)10(13)11(15-8)14-7(2)3/h7-13H,4-6H2,1-3H3/t8-,9+,10+,11?/m1/s1. The molecule has 1 rings (SSSR count). The molecule has 1 heterocycles. The maximum atomic E-state index is 9.67. The van der Waals surface area contributed by atoms with Gasteiger partial charge in [-0.1, -0.05) is 13.3 Å². The molecule has 4 atom stereocenters. The fourth-order valence-corrected chi connectivity index (χ4v) is 1.80. The molecular formula is C11H22O4. The molecule has 0 bridgehead atoms. The summed E-state index contributed by atoms with van der Waals surface area (Å²) in [6.45, 7) is 5.83. The van der Waals surface area contributed by atoms with Crippen LogP contribution in [0.4, 0.5) is 0 Å². The van der Waals surface area contributed by atoms with Gasteiger partial charge in [0, 0.05) is 6.42 Å². The molecule has 0 amide bonds. The Morgan fingerprint density at radius 3 is 2.60 bits per heavy atom. The molecule has 90 valence electrons.